The lowest BCUT2D eigenvalue weighted by Crippen LogP contribution is -2.46. The lowest BCUT2D eigenvalue weighted by molar-refractivity contribution is 0.0342. The third-order valence-electron chi connectivity index (χ3n) is 4.25. The maximum Gasteiger partial charge on any atom is 0.261 e. The van der Waals surface area contributed by atoms with E-state index in [0.717, 1.165) is 38.4 Å². The molecule has 1 aliphatic rings. The van der Waals surface area contributed by atoms with Crippen LogP contribution in [0.1, 0.15) is 17.3 Å². The molecule has 2 aromatic rings. The number of carbonyl (C=O) groups excluding carboxylic acids is 1. The summed E-state index contributed by atoms with van der Waals surface area (Å²) in [6.45, 7) is 5.87. The number of pyridine rings is 1. The van der Waals surface area contributed by atoms with Crippen molar-refractivity contribution >= 4 is 5.91 Å². The summed E-state index contributed by atoms with van der Waals surface area (Å²) in [5.74, 6) is -0.346. The summed E-state index contributed by atoms with van der Waals surface area (Å²) in [4.78, 5) is 29.7. The van der Waals surface area contributed by atoms with Gasteiger partial charge in [-0.05, 0) is 24.6 Å². The van der Waals surface area contributed by atoms with Crippen LogP contribution in [0.15, 0.2) is 47.3 Å². The first-order chi connectivity index (χ1) is 12.1. The van der Waals surface area contributed by atoms with Gasteiger partial charge in [-0.25, -0.2) is 0 Å². The zero-order chi connectivity index (χ0) is 17.6. The highest BCUT2D eigenvalue weighted by Crippen LogP contribution is 2.14. The lowest BCUT2D eigenvalue weighted by atomic mass is 10.1. The predicted molar refractivity (Wildman–Crippen MR) is 96.7 cm³/mol. The molecule has 0 unspecified atom stereocenters. The van der Waals surface area contributed by atoms with Crippen molar-refractivity contribution in [3.63, 3.8) is 0 Å². The van der Waals surface area contributed by atoms with E-state index in [2.05, 4.69) is 15.2 Å². The van der Waals surface area contributed by atoms with Crippen molar-refractivity contribution in [2.24, 2.45) is 0 Å². The van der Waals surface area contributed by atoms with Gasteiger partial charge in [0.05, 0.1) is 13.2 Å². The Kier molecular flexibility index (Phi) is 5.63. The molecule has 0 saturated carbocycles. The molecule has 3 rings (SSSR count). The molecule has 1 saturated heterocycles. The molecule has 1 aliphatic heterocycles. The van der Waals surface area contributed by atoms with Crippen LogP contribution >= 0.6 is 0 Å². The number of morpholine rings is 1. The van der Waals surface area contributed by atoms with Gasteiger partial charge >= 0.3 is 0 Å². The first-order valence-electron chi connectivity index (χ1n) is 8.53. The van der Waals surface area contributed by atoms with Gasteiger partial charge < -0.3 is 15.0 Å². The highest BCUT2D eigenvalue weighted by Gasteiger charge is 2.17. The van der Waals surface area contributed by atoms with Crippen molar-refractivity contribution < 1.29 is 9.53 Å². The summed E-state index contributed by atoms with van der Waals surface area (Å²) in [6.07, 6.45) is 0. The van der Waals surface area contributed by atoms with E-state index in [4.69, 9.17) is 4.74 Å². The molecule has 1 fully saturated rings. The number of hydrogen-bond donors (Lipinski definition) is 2. The second-order valence-electron chi connectivity index (χ2n) is 6.27. The fraction of sp³-hybridized carbons (Fsp3) is 0.368. The smallest absolute Gasteiger partial charge is 0.261 e. The number of nitrogens with one attached hydrogen (secondary N) is 2. The minimum Gasteiger partial charge on any atom is -0.379 e. The molecule has 0 aliphatic carbocycles. The number of H-pyrrole nitrogens is 1. The van der Waals surface area contributed by atoms with Crippen LogP contribution in [0.5, 0.6) is 0 Å². The van der Waals surface area contributed by atoms with E-state index in [1.54, 1.807) is 12.1 Å². The summed E-state index contributed by atoms with van der Waals surface area (Å²) in [6, 6.07) is 12.8. The number of ether oxygens (including phenoxy) is 1. The fourth-order valence-electron chi connectivity index (χ4n) is 2.96. The van der Waals surface area contributed by atoms with E-state index in [1.165, 1.54) is 0 Å². The average Bonchev–Trinajstić information content (AvgIpc) is 2.63. The molecule has 1 aromatic heterocycles. The normalized spacial score (nSPS) is 16.4. The van der Waals surface area contributed by atoms with Gasteiger partial charge in [0.2, 0.25) is 0 Å². The van der Waals surface area contributed by atoms with Crippen molar-refractivity contribution in [2.45, 2.75) is 13.0 Å². The van der Waals surface area contributed by atoms with Crippen LogP contribution in [0, 0.1) is 0 Å². The first-order valence-corrected chi connectivity index (χ1v) is 8.53. The van der Waals surface area contributed by atoms with Gasteiger partial charge in [-0.2, -0.15) is 0 Å². The van der Waals surface area contributed by atoms with E-state index < -0.39 is 0 Å². The van der Waals surface area contributed by atoms with Crippen molar-refractivity contribution in [3.8, 4) is 11.3 Å². The van der Waals surface area contributed by atoms with Crippen LogP contribution in [0.4, 0.5) is 0 Å². The molecule has 1 amide bonds. The second kappa shape index (κ2) is 8.09. The molecule has 0 radical (unpaired) electrons. The van der Waals surface area contributed by atoms with Gasteiger partial charge in [0.25, 0.3) is 11.5 Å². The Morgan fingerprint density at radius 2 is 1.92 bits per heavy atom. The summed E-state index contributed by atoms with van der Waals surface area (Å²) in [7, 11) is 0. The Balaban J connectivity index is 1.64. The van der Waals surface area contributed by atoms with Crippen LogP contribution in [0.25, 0.3) is 11.3 Å². The SMILES string of the molecule is C[C@@H](CN1CCOCC1)NC(=O)c1ccc(-c2ccccc2)[nH]c1=O. The minimum atomic E-state index is -0.377. The average molecular weight is 341 g/mol. The molecule has 2 heterocycles. The highest BCUT2D eigenvalue weighted by molar-refractivity contribution is 5.94. The highest BCUT2D eigenvalue weighted by atomic mass is 16.5. The Labute approximate surface area is 146 Å². The van der Waals surface area contributed by atoms with Crippen LogP contribution in [-0.4, -0.2) is 54.7 Å². The summed E-state index contributed by atoms with van der Waals surface area (Å²) >= 11 is 0. The zero-order valence-electron chi connectivity index (χ0n) is 14.3. The first kappa shape index (κ1) is 17.4. The van der Waals surface area contributed by atoms with Crippen molar-refractivity contribution in [3.05, 3.63) is 58.4 Å². The molecule has 25 heavy (non-hydrogen) atoms. The molecule has 0 bridgehead atoms. The van der Waals surface area contributed by atoms with Crippen molar-refractivity contribution in [2.75, 3.05) is 32.8 Å². The minimum absolute atomic E-state index is 0.0428. The van der Waals surface area contributed by atoms with Crippen LogP contribution in [-0.2, 0) is 4.74 Å². The van der Waals surface area contributed by atoms with Crippen LogP contribution < -0.4 is 10.9 Å². The number of aromatic nitrogens is 1. The number of carbonyl (C=O) groups is 1. The monoisotopic (exact) mass is 341 g/mol. The molecular weight excluding hydrogens is 318 g/mol. The largest absolute Gasteiger partial charge is 0.379 e. The Morgan fingerprint density at radius 1 is 1.20 bits per heavy atom. The van der Waals surface area contributed by atoms with E-state index >= 15 is 0 Å². The molecule has 6 heteroatoms. The van der Waals surface area contributed by atoms with E-state index in [9.17, 15) is 9.59 Å². The Morgan fingerprint density at radius 3 is 2.60 bits per heavy atom. The van der Waals surface area contributed by atoms with E-state index in [-0.39, 0.29) is 23.1 Å². The van der Waals surface area contributed by atoms with Crippen LogP contribution in [0.3, 0.4) is 0 Å². The number of benzene rings is 1. The number of hydrogen-bond acceptors (Lipinski definition) is 4. The molecule has 2 N–H and O–H groups in total. The fourth-order valence-corrected chi connectivity index (χ4v) is 2.96. The summed E-state index contributed by atoms with van der Waals surface area (Å²) < 4.78 is 5.32. The molecule has 0 spiro atoms. The maximum atomic E-state index is 12.4. The molecule has 1 atom stereocenters. The van der Waals surface area contributed by atoms with Gasteiger partial charge in [0, 0.05) is 31.4 Å². The number of rotatable bonds is 5. The van der Waals surface area contributed by atoms with Gasteiger partial charge in [-0.3, -0.25) is 14.5 Å². The Bertz CT molecular complexity index is 767. The molecular formula is C19H23N3O3. The topological polar surface area (TPSA) is 74.4 Å². The predicted octanol–water partition coefficient (Wildman–Crippen LogP) is 1.49. The summed E-state index contributed by atoms with van der Waals surface area (Å²) in [5, 5.41) is 2.90. The third kappa shape index (κ3) is 4.55. The number of nitrogens with zero attached hydrogens (tertiary/aromatic N) is 1. The zero-order valence-corrected chi connectivity index (χ0v) is 14.3. The number of aromatic amines is 1. The summed E-state index contributed by atoms with van der Waals surface area (Å²) in [5.41, 5.74) is 1.36. The number of amides is 1. The van der Waals surface area contributed by atoms with Gasteiger partial charge in [-0.1, -0.05) is 30.3 Å². The molecule has 132 valence electrons. The molecule has 6 nitrogen and oxygen atoms in total. The van der Waals surface area contributed by atoms with Gasteiger partial charge in [0.15, 0.2) is 0 Å². The third-order valence-corrected chi connectivity index (χ3v) is 4.25. The van der Waals surface area contributed by atoms with Crippen LogP contribution in [0.2, 0.25) is 0 Å². The van der Waals surface area contributed by atoms with E-state index in [1.807, 2.05) is 37.3 Å². The van der Waals surface area contributed by atoms with Gasteiger partial charge in [0.1, 0.15) is 5.56 Å². The standard InChI is InChI=1S/C19H23N3O3/c1-14(13-22-9-11-25-12-10-22)20-18(23)16-7-8-17(21-19(16)24)15-5-3-2-4-6-15/h2-8,14H,9-13H2,1H3,(H,20,23)(H,21,24)/t14-/m0/s1. The van der Waals surface area contributed by atoms with Gasteiger partial charge in [-0.15, -0.1) is 0 Å². The van der Waals surface area contributed by atoms with E-state index in [0.29, 0.717) is 5.69 Å². The second-order valence-corrected chi connectivity index (χ2v) is 6.27. The van der Waals surface area contributed by atoms with Crippen molar-refractivity contribution in [1.82, 2.24) is 15.2 Å². The quantitative estimate of drug-likeness (QED) is 0.864. The maximum absolute atomic E-state index is 12.4. The lowest BCUT2D eigenvalue weighted by Gasteiger charge is -2.29. The molecule has 1 aromatic carbocycles. The Hall–Kier alpha value is -2.44. The van der Waals surface area contributed by atoms with Crippen molar-refractivity contribution in [1.29, 1.82) is 0 Å².